The van der Waals surface area contributed by atoms with Crippen LogP contribution in [0, 0.1) is 5.92 Å². The number of nitrogens with zero attached hydrogens (tertiary/aromatic N) is 3. The molecule has 6 nitrogen and oxygen atoms in total. The molecule has 2 aromatic carbocycles. The van der Waals surface area contributed by atoms with Crippen molar-refractivity contribution in [2.45, 2.75) is 33.4 Å². The molecule has 1 fully saturated rings. The van der Waals surface area contributed by atoms with Crippen LogP contribution in [0.3, 0.4) is 0 Å². The number of amides is 1. The Morgan fingerprint density at radius 3 is 2.50 bits per heavy atom. The summed E-state index contributed by atoms with van der Waals surface area (Å²) in [4.78, 5) is 17.9. The average Bonchev–Trinajstić information content (AvgIpc) is 3.24. The van der Waals surface area contributed by atoms with Crippen LogP contribution in [0.25, 0.3) is 10.9 Å². The molecule has 0 saturated carbocycles. The number of hydrogen-bond acceptors (Lipinski definition) is 4. The number of aromatic nitrogens is 1. The van der Waals surface area contributed by atoms with Crippen molar-refractivity contribution < 1.29 is 9.53 Å². The smallest absolute Gasteiger partial charge is 0.253 e. The monoisotopic (exact) mass is 530 g/mol. The van der Waals surface area contributed by atoms with E-state index in [0.717, 1.165) is 79.5 Å². The third-order valence-electron chi connectivity index (χ3n) is 6.74. The van der Waals surface area contributed by atoms with Crippen molar-refractivity contribution in [3.63, 3.8) is 0 Å². The molecule has 2 heterocycles. The van der Waals surface area contributed by atoms with Crippen molar-refractivity contribution in [1.82, 2.24) is 19.7 Å². The summed E-state index contributed by atoms with van der Waals surface area (Å²) in [5.41, 5.74) is 2.81. The lowest BCUT2D eigenvalue weighted by molar-refractivity contribution is 0.0950. The van der Waals surface area contributed by atoms with Gasteiger partial charge in [-0.05, 0) is 42.6 Å². The highest BCUT2D eigenvalue weighted by atomic mass is 35.5. The molecule has 0 aliphatic carbocycles. The molecule has 1 N–H and O–H groups in total. The van der Waals surface area contributed by atoms with Crippen molar-refractivity contribution >= 4 is 40.0 Å². The van der Waals surface area contributed by atoms with Gasteiger partial charge in [-0.1, -0.05) is 55.2 Å². The summed E-state index contributed by atoms with van der Waals surface area (Å²) in [5.74, 6) is 1.17. The minimum Gasteiger partial charge on any atom is -0.495 e. The van der Waals surface area contributed by atoms with Gasteiger partial charge in [0.15, 0.2) is 0 Å². The SMILES string of the molecule is COc1cccc2c(C(=O)NCC(C)C)cn(CCCN3CCN(Cc4ccc(Cl)cc4Cl)CC3)c12. The molecule has 1 aromatic heterocycles. The molecule has 8 heteroatoms. The summed E-state index contributed by atoms with van der Waals surface area (Å²) in [7, 11) is 1.68. The Balaban J connectivity index is 1.34. The lowest BCUT2D eigenvalue weighted by Gasteiger charge is -2.35. The number of para-hydroxylation sites is 1. The fraction of sp³-hybridized carbons (Fsp3) is 0.464. The number of hydrogen-bond donors (Lipinski definition) is 1. The number of nitrogens with one attached hydrogen (secondary N) is 1. The molecule has 1 amide bonds. The molecule has 0 unspecified atom stereocenters. The molecule has 1 saturated heterocycles. The zero-order valence-electron chi connectivity index (χ0n) is 21.4. The van der Waals surface area contributed by atoms with Gasteiger partial charge < -0.3 is 19.5 Å². The van der Waals surface area contributed by atoms with E-state index in [9.17, 15) is 4.79 Å². The van der Waals surface area contributed by atoms with Crippen LogP contribution in [0.1, 0.15) is 36.2 Å². The van der Waals surface area contributed by atoms with Gasteiger partial charge in [-0.25, -0.2) is 0 Å². The number of aryl methyl sites for hydroxylation is 1. The fourth-order valence-electron chi connectivity index (χ4n) is 4.77. The molecule has 0 atom stereocenters. The Hall–Kier alpha value is -2.25. The molecule has 36 heavy (non-hydrogen) atoms. The Kier molecular flexibility index (Phi) is 9.18. The quantitative estimate of drug-likeness (QED) is 0.373. The first kappa shape index (κ1) is 26.8. The Morgan fingerprint density at radius 1 is 1.06 bits per heavy atom. The Morgan fingerprint density at radius 2 is 1.81 bits per heavy atom. The molecule has 3 aromatic rings. The maximum absolute atomic E-state index is 12.9. The van der Waals surface area contributed by atoms with E-state index in [1.807, 2.05) is 42.6 Å². The van der Waals surface area contributed by atoms with Crippen LogP contribution in [0.15, 0.2) is 42.6 Å². The normalized spacial score (nSPS) is 15.1. The number of methoxy groups -OCH3 is 1. The van der Waals surface area contributed by atoms with E-state index >= 15 is 0 Å². The highest BCUT2D eigenvalue weighted by molar-refractivity contribution is 6.35. The summed E-state index contributed by atoms with van der Waals surface area (Å²) in [5, 5.41) is 5.40. The largest absolute Gasteiger partial charge is 0.495 e. The lowest BCUT2D eigenvalue weighted by Crippen LogP contribution is -2.46. The first-order valence-electron chi connectivity index (χ1n) is 12.7. The van der Waals surface area contributed by atoms with Crippen molar-refractivity contribution in [3.05, 3.63) is 63.8 Å². The van der Waals surface area contributed by atoms with Gasteiger partial charge in [0, 0.05) is 67.4 Å². The first-order valence-corrected chi connectivity index (χ1v) is 13.4. The first-order chi connectivity index (χ1) is 17.4. The predicted molar refractivity (Wildman–Crippen MR) is 148 cm³/mol. The van der Waals surface area contributed by atoms with Gasteiger partial charge in [0.2, 0.25) is 0 Å². The third kappa shape index (κ3) is 6.54. The van der Waals surface area contributed by atoms with E-state index in [4.69, 9.17) is 27.9 Å². The summed E-state index contributed by atoms with van der Waals surface area (Å²) >= 11 is 12.4. The standard InChI is InChI=1S/C28H36Cl2N4O2/c1-20(2)17-31-28(35)24-19-34(27-23(24)6-4-7-26(27)36-3)11-5-10-32-12-14-33(15-13-32)18-21-8-9-22(29)16-25(21)30/h4,6-9,16,19-20H,5,10-15,17-18H2,1-3H3,(H,31,35). The van der Waals surface area contributed by atoms with Crippen molar-refractivity contribution in [2.75, 3.05) is 46.4 Å². The number of carbonyl (C=O) groups is 1. The van der Waals surface area contributed by atoms with Crippen molar-refractivity contribution in [1.29, 1.82) is 0 Å². The van der Waals surface area contributed by atoms with Crippen LogP contribution in [0.5, 0.6) is 5.75 Å². The lowest BCUT2D eigenvalue weighted by atomic mass is 10.1. The van der Waals surface area contributed by atoms with Crippen LogP contribution >= 0.6 is 23.2 Å². The molecule has 0 spiro atoms. The average molecular weight is 532 g/mol. The Bertz CT molecular complexity index is 1190. The van der Waals surface area contributed by atoms with E-state index in [1.165, 1.54) is 0 Å². The summed E-state index contributed by atoms with van der Waals surface area (Å²) in [6.07, 6.45) is 2.98. The van der Waals surface area contributed by atoms with Gasteiger partial charge in [0.25, 0.3) is 5.91 Å². The number of ether oxygens (including phenoxy) is 1. The minimum absolute atomic E-state index is 0.0300. The maximum Gasteiger partial charge on any atom is 0.253 e. The molecule has 1 aliphatic rings. The van der Waals surface area contributed by atoms with Crippen LogP contribution in [-0.4, -0.2) is 66.7 Å². The number of carbonyl (C=O) groups excluding carboxylic acids is 1. The number of benzene rings is 2. The van der Waals surface area contributed by atoms with E-state index in [2.05, 4.69) is 33.5 Å². The molecule has 194 valence electrons. The van der Waals surface area contributed by atoms with Gasteiger partial charge in [-0.3, -0.25) is 9.69 Å². The zero-order chi connectivity index (χ0) is 25.7. The molecule has 0 radical (unpaired) electrons. The van der Waals surface area contributed by atoms with Gasteiger partial charge >= 0.3 is 0 Å². The summed E-state index contributed by atoms with van der Waals surface area (Å²) in [6, 6.07) is 11.6. The summed E-state index contributed by atoms with van der Waals surface area (Å²) in [6.45, 7) is 11.6. The van der Waals surface area contributed by atoms with Gasteiger partial charge in [0.1, 0.15) is 5.75 Å². The second kappa shape index (κ2) is 12.3. The van der Waals surface area contributed by atoms with Crippen molar-refractivity contribution in [3.8, 4) is 5.75 Å². The highest BCUT2D eigenvalue weighted by Gasteiger charge is 2.20. The van der Waals surface area contributed by atoms with Crippen LogP contribution < -0.4 is 10.1 Å². The predicted octanol–water partition coefficient (Wildman–Crippen LogP) is 5.55. The van der Waals surface area contributed by atoms with Gasteiger partial charge in [-0.2, -0.15) is 0 Å². The fourth-order valence-corrected chi connectivity index (χ4v) is 5.23. The van der Waals surface area contributed by atoms with E-state index in [0.29, 0.717) is 23.0 Å². The van der Waals surface area contributed by atoms with Gasteiger partial charge in [-0.15, -0.1) is 0 Å². The van der Waals surface area contributed by atoms with E-state index in [-0.39, 0.29) is 5.91 Å². The number of rotatable bonds is 10. The maximum atomic E-state index is 12.9. The number of fused-ring (bicyclic) bond motifs is 1. The number of halogens is 2. The van der Waals surface area contributed by atoms with Crippen LogP contribution in [-0.2, 0) is 13.1 Å². The number of piperazine rings is 1. The minimum atomic E-state index is -0.0300. The second-order valence-corrected chi connectivity index (χ2v) is 10.7. The Labute approximate surface area is 224 Å². The topological polar surface area (TPSA) is 49.7 Å². The molecule has 4 rings (SSSR count). The highest BCUT2D eigenvalue weighted by Crippen LogP contribution is 2.30. The molecular formula is C28H36Cl2N4O2. The molecule has 0 bridgehead atoms. The van der Waals surface area contributed by atoms with E-state index in [1.54, 1.807) is 7.11 Å². The summed E-state index contributed by atoms with van der Waals surface area (Å²) < 4.78 is 7.82. The second-order valence-electron chi connectivity index (χ2n) is 9.90. The van der Waals surface area contributed by atoms with Crippen LogP contribution in [0.4, 0.5) is 0 Å². The molecular weight excluding hydrogens is 495 g/mol. The van der Waals surface area contributed by atoms with Crippen LogP contribution in [0.2, 0.25) is 10.0 Å². The van der Waals surface area contributed by atoms with E-state index < -0.39 is 0 Å². The van der Waals surface area contributed by atoms with Gasteiger partial charge in [0.05, 0.1) is 18.2 Å². The zero-order valence-corrected chi connectivity index (χ0v) is 22.9. The van der Waals surface area contributed by atoms with Crippen molar-refractivity contribution in [2.24, 2.45) is 5.92 Å². The third-order valence-corrected chi connectivity index (χ3v) is 7.33. The molecule has 1 aliphatic heterocycles.